The highest BCUT2D eigenvalue weighted by Gasteiger charge is 2.17. The molecule has 0 unspecified atom stereocenters. The minimum absolute atomic E-state index is 0.288. The summed E-state index contributed by atoms with van der Waals surface area (Å²) in [5.74, 6) is 1.26. The number of methoxy groups -OCH3 is 1. The molecule has 7 nitrogen and oxygen atoms in total. The zero-order valence-electron chi connectivity index (χ0n) is 14.2. The Morgan fingerprint density at radius 1 is 1.00 bits per heavy atom. The Kier molecular flexibility index (Phi) is 4.10. The van der Waals surface area contributed by atoms with Gasteiger partial charge in [-0.15, -0.1) is 15.3 Å². The average Bonchev–Trinajstić information content (AvgIpc) is 3.27. The molecule has 0 aliphatic heterocycles. The molecule has 0 bridgehead atoms. The first kappa shape index (κ1) is 16.2. The number of ether oxygens (including phenoxy) is 1. The molecule has 0 fully saturated rings. The van der Waals surface area contributed by atoms with Gasteiger partial charge < -0.3 is 4.74 Å². The Bertz CT molecular complexity index is 1100. The van der Waals surface area contributed by atoms with E-state index >= 15 is 0 Å². The van der Waals surface area contributed by atoms with Crippen molar-refractivity contribution in [3.05, 3.63) is 70.9 Å². The molecular formula is C18H15N5O2S. The molecule has 2 heterocycles. The van der Waals surface area contributed by atoms with Gasteiger partial charge in [-0.25, -0.2) is 9.36 Å². The van der Waals surface area contributed by atoms with Gasteiger partial charge in [-0.2, -0.15) is 4.68 Å². The van der Waals surface area contributed by atoms with Crippen molar-refractivity contribution in [2.45, 2.75) is 6.92 Å². The molecule has 0 spiro atoms. The van der Waals surface area contributed by atoms with E-state index in [4.69, 9.17) is 4.74 Å². The van der Waals surface area contributed by atoms with Crippen LogP contribution in [0.4, 0.5) is 0 Å². The van der Waals surface area contributed by atoms with Crippen LogP contribution < -0.4 is 10.4 Å². The predicted octanol–water partition coefficient (Wildman–Crippen LogP) is 2.86. The van der Waals surface area contributed by atoms with Gasteiger partial charge in [0.15, 0.2) is 0 Å². The van der Waals surface area contributed by atoms with Crippen molar-refractivity contribution >= 4 is 11.3 Å². The van der Waals surface area contributed by atoms with Crippen LogP contribution in [0.2, 0.25) is 0 Å². The lowest BCUT2D eigenvalue weighted by atomic mass is 10.2. The van der Waals surface area contributed by atoms with Gasteiger partial charge >= 0.3 is 5.69 Å². The summed E-state index contributed by atoms with van der Waals surface area (Å²) in [7, 11) is 1.60. The maximum Gasteiger partial charge on any atom is 0.357 e. The molecule has 130 valence electrons. The molecule has 0 saturated heterocycles. The van der Waals surface area contributed by atoms with E-state index in [2.05, 4.69) is 15.3 Å². The lowest BCUT2D eigenvalue weighted by molar-refractivity contribution is 0.414. The Morgan fingerprint density at radius 2 is 1.73 bits per heavy atom. The quantitative estimate of drug-likeness (QED) is 0.556. The van der Waals surface area contributed by atoms with Crippen molar-refractivity contribution in [3.63, 3.8) is 0 Å². The third-order valence-corrected chi connectivity index (χ3v) is 4.84. The summed E-state index contributed by atoms with van der Waals surface area (Å²) in [5.41, 5.74) is 1.33. The third kappa shape index (κ3) is 2.80. The first-order valence-electron chi connectivity index (χ1n) is 7.90. The third-order valence-electron chi connectivity index (χ3n) is 3.88. The van der Waals surface area contributed by atoms with Gasteiger partial charge in [0.1, 0.15) is 16.6 Å². The van der Waals surface area contributed by atoms with Gasteiger partial charge in [0.2, 0.25) is 5.13 Å². The number of hydrogen-bond donors (Lipinski definition) is 0. The molecule has 0 N–H and O–H groups in total. The summed E-state index contributed by atoms with van der Waals surface area (Å²) < 4.78 is 7.96. The molecule has 4 rings (SSSR count). The second-order valence-corrected chi connectivity index (χ2v) is 6.49. The van der Waals surface area contributed by atoms with Crippen molar-refractivity contribution in [1.29, 1.82) is 0 Å². The SMILES string of the molecule is COc1ccc(-n2nc(C)n(-c3nnc(-c4ccccc4)s3)c2=O)cc1. The van der Waals surface area contributed by atoms with Crippen LogP contribution in [0, 0.1) is 6.92 Å². The number of nitrogens with zero attached hydrogens (tertiary/aromatic N) is 5. The highest BCUT2D eigenvalue weighted by molar-refractivity contribution is 7.17. The molecule has 0 aliphatic rings. The van der Waals surface area contributed by atoms with Crippen LogP contribution in [0.1, 0.15) is 5.82 Å². The number of aryl methyl sites for hydroxylation is 1. The van der Waals surface area contributed by atoms with Crippen LogP contribution >= 0.6 is 11.3 Å². The van der Waals surface area contributed by atoms with Crippen molar-refractivity contribution < 1.29 is 4.74 Å². The zero-order valence-corrected chi connectivity index (χ0v) is 15.0. The lowest BCUT2D eigenvalue weighted by Gasteiger charge is -2.01. The van der Waals surface area contributed by atoms with Gasteiger partial charge in [0.25, 0.3) is 0 Å². The van der Waals surface area contributed by atoms with Gasteiger partial charge in [-0.1, -0.05) is 41.7 Å². The molecular weight excluding hydrogens is 350 g/mol. The number of hydrogen-bond acceptors (Lipinski definition) is 6. The van der Waals surface area contributed by atoms with Crippen molar-refractivity contribution in [2.24, 2.45) is 0 Å². The molecule has 8 heteroatoms. The van der Waals surface area contributed by atoms with E-state index in [0.717, 1.165) is 16.3 Å². The topological polar surface area (TPSA) is 74.8 Å². The molecule has 26 heavy (non-hydrogen) atoms. The molecule has 0 aliphatic carbocycles. The smallest absolute Gasteiger partial charge is 0.357 e. The molecule has 2 aromatic heterocycles. The normalized spacial score (nSPS) is 10.8. The second kappa shape index (κ2) is 6.57. The van der Waals surface area contributed by atoms with Gasteiger partial charge in [-0.05, 0) is 31.2 Å². The van der Waals surface area contributed by atoms with Crippen LogP contribution in [-0.2, 0) is 0 Å². The summed E-state index contributed by atoms with van der Waals surface area (Å²) in [6, 6.07) is 16.9. The second-order valence-electron chi connectivity index (χ2n) is 5.53. The van der Waals surface area contributed by atoms with Crippen LogP contribution in [0.25, 0.3) is 21.4 Å². The molecule has 0 atom stereocenters. The fraction of sp³-hybridized carbons (Fsp3) is 0.111. The summed E-state index contributed by atoms with van der Waals surface area (Å²) >= 11 is 1.35. The predicted molar refractivity (Wildman–Crippen MR) is 99.4 cm³/mol. The van der Waals surface area contributed by atoms with E-state index < -0.39 is 0 Å². The van der Waals surface area contributed by atoms with Crippen LogP contribution in [0.15, 0.2) is 59.4 Å². The maximum absolute atomic E-state index is 12.9. The number of rotatable bonds is 4. The van der Waals surface area contributed by atoms with E-state index in [1.165, 1.54) is 20.6 Å². The van der Waals surface area contributed by atoms with E-state index in [0.29, 0.717) is 16.6 Å². The summed E-state index contributed by atoms with van der Waals surface area (Å²) in [6.45, 7) is 1.77. The first-order valence-corrected chi connectivity index (χ1v) is 8.71. The molecule has 2 aromatic carbocycles. The van der Waals surface area contributed by atoms with Gasteiger partial charge in [0.05, 0.1) is 12.8 Å². The van der Waals surface area contributed by atoms with E-state index in [-0.39, 0.29) is 5.69 Å². The Labute approximate surface area is 153 Å². The molecule has 4 aromatic rings. The van der Waals surface area contributed by atoms with Gasteiger partial charge in [0, 0.05) is 5.56 Å². The Hall–Kier alpha value is -3.26. The fourth-order valence-corrected chi connectivity index (χ4v) is 3.47. The zero-order chi connectivity index (χ0) is 18.1. The molecule has 0 saturated carbocycles. The van der Waals surface area contributed by atoms with E-state index in [1.54, 1.807) is 38.3 Å². The fourth-order valence-electron chi connectivity index (χ4n) is 2.58. The summed E-state index contributed by atoms with van der Waals surface area (Å²) in [4.78, 5) is 12.9. The van der Waals surface area contributed by atoms with Crippen LogP contribution in [0.5, 0.6) is 5.75 Å². The van der Waals surface area contributed by atoms with Crippen LogP contribution in [-0.4, -0.2) is 31.7 Å². The molecule has 0 radical (unpaired) electrons. The monoisotopic (exact) mass is 365 g/mol. The Morgan fingerprint density at radius 3 is 2.42 bits per heavy atom. The Balaban J connectivity index is 1.75. The highest BCUT2D eigenvalue weighted by atomic mass is 32.1. The first-order chi connectivity index (χ1) is 12.7. The van der Waals surface area contributed by atoms with Crippen molar-refractivity contribution in [1.82, 2.24) is 24.5 Å². The minimum atomic E-state index is -0.288. The maximum atomic E-state index is 12.9. The average molecular weight is 365 g/mol. The highest BCUT2D eigenvalue weighted by Crippen LogP contribution is 2.25. The summed E-state index contributed by atoms with van der Waals surface area (Å²) in [6.07, 6.45) is 0. The summed E-state index contributed by atoms with van der Waals surface area (Å²) in [5, 5.41) is 14.0. The van der Waals surface area contributed by atoms with Gasteiger partial charge in [-0.3, -0.25) is 0 Å². The standard InChI is InChI=1S/C18H15N5O2S/c1-12-21-23(14-8-10-15(25-2)11-9-14)18(24)22(12)17-20-19-16(26-17)13-6-4-3-5-7-13/h3-11H,1-2H3. The van der Waals surface area contributed by atoms with E-state index in [9.17, 15) is 4.79 Å². The lowest BCUT2D eigenvalue weighted by Crippen LogP contribution is -2.22. The number of aromatic nitrogens is 5. The molecule has 0 amide bonds. The van der Waals surface area contributed by atoms with E-state index in [1.807, 2.05) is 30.3 Å². The van der Waals surface area contributed by atoms with Crippen molar-refractivity contribution in [3.8, 4) is 27.1 Å². The minimum Gasteiger partial charge on any atom is -0.497 e. The van der Waals surface area contributed by atoms with Crippen molar-refractivity contribution in [2.75, 3.05) is 7.11 Å². The number of benzene rings is 2. The van der Waals surface area contributed by atoms with Crippen LogP contribution in [0.3, 0.4) is 0 Å². The largest absolute Gasteiger partial charge is 0.497 e.